The molecule has 0 unspecified atom stereocenters. The molecule has 4 nitrogen and oxygen atoms in total. The summed E-state index contributed by atoms with van der Waals surface area (Å²) in [7, 11) is 1.52. The Labute approximate surface area is 114 Å². The molecule has 108 valence electrons. The Morgan fingerprint density at radius 2 is 2.00 bits per heavy atom. The third-order valence-electron chi connectivity index (χ3n) is 2.43. The van der Waals surface area contributed by atoms with Crippen LogP contribution in [0.3, 0.4) is 0 Å². The molecular weight excluding hydrogens is 283 g/mol. The van der Waals surface area contributed by atoms with Crippen LogP contribution in [-0.4, -0.2) is 36.3 Å². The van der Waals surface area contributed by atoms with Gasteiger partial charge in [-0.2, -0.15) is 13.2 Å². The van der Waals surface area contributed by atoms with Crippen molar-refractivity contribution in [2.45, 2.75) is 26.1 Å². The molecule has 0 bridgehead atoms. The fourth-order valence-electron chi connectivity index (χ4n) is 1.53. The van der Waals surface area contributed by atoms with Crippen LogP contribution in [0.2, 0.25) is 5.28 Å². The molecule has 1 aromatic rings. The quantitative estimate of drug-likeness (QED) is 0.783. The lowest BCUT2D eigenvalue weighted by atomic mass is 10.3. The van der Waals surface area contributed by atoms with E-state index in [1.54, 1.807) is 4.90 Å². The summed E-state index contributed by atoms with van der Waals surface area (Å²) in [6, 6.07) is 0.851. The Morgan fingerprint density at radius 3 is 2.47 bits per heavy atom. The molecule has 0 atom stereocenters. The molecule has 19 heavy (non-hydrogen) atoms. The van der Waals surface area contributed by atoms with Gasteiger partial charge in [0.1, 0.15) is 5.82 Å². The first kappa shape index (κ1) is 16.0. The van der Waals surface area contributed by atoms with E-state index in [-0.39, 0.29) is 11.9 Å². The summed E-state index contributed by atoms with van der Waals surface area (Å²) >= 11 is 5.56. The van der Waals surface area contributed by atoms with Gasteiger partial charge in [0.25, 0.3) is 0 Å². The van der Waals surface area contributed by atoms with Crippen molar-refractivity contribution in [2.75, 3.05) is 25.2 Å². The van der Waals surface area contributed by atoms with Gasteiger partial charge in [0.05, 0.1) is 6.61 Å². The van der Waals surface area contributed by atoms with Gasteiger partial charge in [-0.05, 0) is 25.4 Å². The highest BCUT2D eigenvalue weighted by Gasteiger charge is 2.34. The molecule has 0 aliphatic rings. The molecule has 0 spiro atoms. The normalized spacial score (nSPS) is 12.0. The summed E-state index contributed by atoms with van der Waals surface area (Å²) in [4.78, 5) is 8.72. The minimum atomic E-state index is -4.55. The summed E-state index contributed by atoms with van der Waals surface area (Å²) in [6.45, 7) is 4.48. The molecule has 0 N–H and O–H groups in total. The van der Waals surface area contributed by atoms with Crippen LogP contribution < -0.4 is 4.90 Å². The first-order valence-electron chi connectivity index (χ1n) is 5.63. The zero-order valence-corrected chi connectivity index (χ0v) is 11.6. The Morgan fingerprint density at radius 1 is 1.37 bits per heavy atom. The Balaban J connectivity index is 3.12. The van der Waals surface area contributed by atoms with Gasteiger partial charge in [0.15, 0.2) is 5.69 Å². The van der Waals surface area contributed by atoms with Gasteiger partial charge in [-0.1, -0.05) is 0 Å². The maximum Gasteiger partial charge on any atom is 0.433 e. The molecular formula is C11H15ClF3N3O. The average molecular weight is 298 g/mol. The predicted molar refractivity (Wildman–Crippen MR) is 66.4 cm³/mol. The molecule has 0 aromatic carbocycles. The number of hydrogen-bond acceptors (Lipinski definition) is 4. The fraction of sp³-hybridized carbons (Fsp3) is 0.636. The van der Waals surface area contributed by atoms with Crippen molar-refractivity contribution >= 4 is 17.4 Å². The fourth-order valence-corrected chi connectivity index (χ4v) is 1.70. The zero-order valence-electron chi connectivity index (χ0n) is 10.8. The number of alkyl halides is 3. The number of aromatic nitrogens is 2. The van der Waals surface area contributed by atoms with E-state index in [0.29, 0.717) is 13.2 Å². The number of ether oxygens (including phenoxy) is 1. The smallest absolute Gasteiger partial charge is 0.383 e. The second kappa shape index (κ2) is 6.38. The molecule has 8 heteroatoms. The van der Waals surface area contributed by atoms with Crippen LogP contribution in [-0.2, 0) is 10.9 Å². The minimum absolute atomic E-state index is 0.0396. The topological polar surface area (TPSA) is 38.2 Å². The minimum Gasteiger partial charge on any atom is -0.383 e. The summed E-state index contributed by atoms with van der Waals surface area (Å²) < 4.78 is 42.9. The van der Waals surface area contributed by atoms with E-state index in [2.05, 4.69) is 9.97 Å². The van der Waals surface area contributed by atoms with E-state index in [1.807, 2.05) is 13.8 Å². The molecule has 0 aliphatic heterocycles. The average Bonchev–Trinajstić information content (AvgIpc) is 2.27. The summed E-state index contributed by atoms with van der Waals surface area (Å²) in [5.41, 5.74) is -1.05. The van der Waals surface area contributed by atoms with Crippen molar-refractivity contribution in [1.82, 2.24) is 9.97 Å². The van der Waals surface area contributed by atoms with Gasteiger partial charge in [0, 0.05) is 25.8 Å². The number of anilines is 1. The van der Waals surface area contributed by atoms with E-state index < -0.39 is 17.2 Å². The van der Waals surface area contributed by atoms with Crippen LogP contribution in [0.1, 0.15) is 19.5 Å². The highest BCUT2D eigenvalue weighted by atomic mass is 35.5. The zero-order chi connectivity index (χ0) is 14.6. The number of rotatable bonds is 5. The van der Waals surface area contributed by atoms with Crippen LogP contribution in [0.25, 0.3) is 0 Å². The third-order valence-corrected chi connectivity index (χ3v) is 2.60. The van der Waals surface area contributed by atoms with Crippen LogP contribution in [0.5, 0.6) is 0 Å². The number of hydrogen-bond donors (Lipinski definition) is 0. The standard InChI is InChI=1S/C11H15ClF3N3O/c1-7(2)18(4-5-19-3)9-6-8(11(13,14)15)16-10(12)17-9/h6-7H,4-5H2,1-3H3. The molecule has 1 heterocycles. The highest BCUT2D eigenvalue weighted by Crippen LogP contribution is 2.30. The number of halogens is 4. The van der Waals surface area contributed by atoms with Gasteiger partial charge < -0.3 is 9.64 Å². The van der Waals surface area contributed by atoms with E-state index >= 15 is 0 Å². The maximum absolute atomic E-state index is 12.7. The molecule has 0 amide bonds. The molecule has 1 rings (SSSR count). The van der Waals surface area contributed by atoms with E-state index in [9.17, 15) is 13.2 Å². The van der Waals surface area contributed by atoms with E-state index in [1.165, 1.54) is 7.11 Å². The molecule has 0 aliphatic carbocycles. The first-order valence-corrected chi connectivity index (χ1v) is 6.01. The molecule has 0 radical (unpaired) electrons. The summed E-state index contributed by atoms with van der Waals surface area (Å²) in [5.74, 6) is 0.138. The summed E-state index contributed by atoms with van der Waals surface area (Å²) in [6.07, 6.45) is -4.55. The second-order valence-electron chi connectivity index (χ2n) is 4.16. The van der Waals surface area contributed by atoms with Gasteiger partial charge >= 0.3 is 6.18 Å². The van der Waals surface area contributed by atoms with Crippen molar-refractivity contribution in [2.24, 2.45) is 0 Å². The number of methoxy groups -OCH3 is 1. The van der Waals surface area contributed by atoms with Gasteiger partial charge in [0.2, 0.25) is 5.28 Å². The Hall–Kier alpha value is -1.08. The van der Waals surface area contributed by atoms with Crippen molar-refractivity contribution < 1.29 is 17.9 Å². The Kier molecular flexibility index (Phi) is 5.37. The molecule has 0 saturated carbocycles. The lowest BCUT2D eigenvalue weighted by Gasteiger charge is -2.28. The molecule has 0 fully saturated rings. The predicted octanol–water partition coefficient (Wildman–Crippen LogP) is 3.01. The van der Waals surface area contributed by atoms with Gasteiger partial charge in [-0.15, -0.1) is 0 Å². The first-order chi connectivity index (χ1) is 8.75. The second-order valence-corrected chi connectivity index (χ2v) is 4.50. The van der Waals surface area contributed by atoms with Crippen molar-refractivity contribution in [3.05, 3.63) is 17.0 Å². The van der Waals surface area contributed by atoms with Crippen LogP contribution in [0, 0.1) is 0 Å². The summed E-state index contributed by atoms with van der Waals surface area (Å²) in [5, 5.41) is -0.423. The van der Waals surface area contributed by atoms with E-state index in [4.69, 9.17) is 16.3 Å². The van der Waals surface area contributed by atoms with Crippen molar-refractivity contribution in [3.63, 3.8) is 0 Å². The monoisotopic (exact) mass is 297 g/mol. The van der Waals surface area contributed by atoms with Crippen molar-refractivity contribution in [3.8, 4) is 0 Å². The van der Waals surface area contributed by atoms with E-state index in [0.717, 1.165) is 6.07 Å². The van der Waals surface area contributed by atoms with Crippen LogP contribution in [0.4, 0.5) is 19.0 Å². The van der Waals surface area contributed by atoms with Crippen LogP contribution in [0.15, 0.2) is 6.07 Å². The SMILES string of the molecule is COCCN(c1cc(C(F)(F)F)nc(Cl)n1)C(C)C. The lowest BCUT2D eigenvalue weighted by molar-refractivity contribution is -0.141. The van der Waals surface area contributed by atoms with Crippen LogP contribution >= 0.6 is 11.6 Å². The highest BCUT2D eigenvalue weighted by molar-refractivity contribution is 6.28. The van der Waals surface area contributed by atoms with Gasteiger partial charge in [-0.3, -0.25) is 0 Å². The van der Waals surface area contributed by atoms with Gasteiger partial charge in [-0.25, -0.2) is 9.97 Å². The largest absolute Gasteiger partial charge is 0.433 e. The lowest BCUT2D eigenvalue weighted by Crippen LogP contribution is -2.35. The number of nitrogens with zero attached hydrogens (tertiary/aromatic N) is 3. The molecule has 0 saturated heterocycles. The van der Waals surface area contributed by atoms with Crippen molar-refractivity contribution in [1.29, 1.82) is 0 Å². The Bertz CT molecular complexity index is 426. The maximum atomic E-state index is 12.7. The third kappa shape index (κ3) is 4.50. The molecule has 1 aromatic heterocycles.